The number of hydrogen-bond donors (Lipinski definition) is 1. The van der Waals surface area contributed by atoms with Crippen LogP contribution in [-0.4, -0.2) is 45.2 Å². The summed E-state index contributed by atoms with van der Waals surface area (Å²) in [4.78, 5) is 2.43. The van der Waals surface area contributed by atoms with E-state index in [-0.39, 0.29) is 0 Å². The minimum atomic E-state index is 0.785. The second kappa shape index (κ2) is 15.3. The fourth-order valence-electron chi connectivity index (χ4n) is 5.78. The standard InChI is InChI=1S/C21H21N.C18H23NO/c1-22-14-12-18(13-15-22)21-19-8-4-2-6-16(19)10-11-17-7-3-5-9-20(17)21;1-19-13-7-8-14-20-18-12-6-5-11-17(18)15-16-9-3-2-4-10-16/h2-11H,12-15H2,1H3;2-6,9-12,19H,7-8,13-15H2,1H3. The van der Waals surface area contributed by atoms with Crippen molar-refractivity contribution < 1.29 is 4.74 Å². The second-order valence-corrected chi connectivity index (χ2v) is 11.2. The van der Waals surface area contributed by atoms with E-state index in [1.807, 2.05) is 19.2 Å². The fraction of sp³-hybridized carbons (Fsp3) is 0.282. The number of unbranched alkanes of at least 4 members (excludes halogenated alkanes) is 1. The van der Waals surface area contributed by atoms with E-state index >= 15 is 0 Å². The molecule has 0 spiro atoms. The Morgan fingerprint density at radius 1 is 0.690 bits per heavy atom. The SMILES string of the molecule is CN1CCC(=C2c3ccccc3C=Cc3ccccc32)CC1.CNCCCCOc1ccccc1Cc1ccccc1. The molecule has 2 aliphatic rings. The number of fused-ring (bicyclic) bond motifs is 2. The molecule has 1 N–H and O–H groups in total. The Labute approximate surface area is 252 Å². The molecule has 1 aliphatic carbocycles. The number of nitrogens with one attached hydrogen (secondary N) is 1. The van der Waals surface area contributed by atoms with E-state index in [1.165, 1.54) is 51.8 Å². The van der Waals surface area contributed by atoms with Crippen LogP contribution in [0.2, 0.25) is 0 Å². The molecule has 0 bridgehead atoms. The van der Waals surface area contributed by atoms with Crippen molar-refractivity contribution in [1.29, 1.82) is 0 Å². The molecule has 0 atom stereocenters. The molecule has 1 heterocycles. The van der Waals surface area contributed by atoms with E-state index in [0.717, 1.165) is 51.3 Å². The molecule has 1 fully saturated rings. The van der Waals surface area contributed by atoms with Crippen molar-refractivity contribution in [1.82, 2.24) is 10.2 Å². The lowest BCUT2D eigenvalue weighted by Gasteiger charge is -2.27. The molecule has 0 radical (unpaired) electrons. The Morgan fingerprint density at radius 3 is 1.95 bits per heavy atom. The third-order valence-electron chi connectivity index (χ3n) is 8.14. The first kappa shape index (κ1) is 29.6. The second-order valence-electron chi connectivity index (χ2n) is 11.2. The summed E-state index contributed by atoms with van der Waals surface area (Å²) in [6.07, 6.45) is 10.0. The van der Waals surface area contributed by atoms with E-state index in [2.05, 4.69) is 120 Å². The Hall–Kier alpha value is -3.92. The van der Waals surface area contributed by atoms with Gasteiger partial charge in [-0.05, 0) is 91.3 Å². The average molecular weight is 557 g/mol. The van der Waals surface area contributed by atoms with Crippen LogP contribution in [0, 0.1) is 0 Å². The Morgan fingerprint density at radius 2 is 1.29 bits per heavy atom. The van der Waals surface area contributed by atoms with E-state index in [4.69, 9.17) is 4.74 Å². The quantitative estimate of drug-likeness (QED) is 0.194. The van der Waals surface area contributed by atoms with E-state index in [0.29, 0.717) is 0 Å². The number of rotatable bonds is 8. The molecule has 0 saturated carbocycles. The maximum absolute atomic E-state index is 5.93. The minimum absolute atomic E-state index is 0.785. The predicted octanol–water partition coefficient (Wildman–Crippen LogP) is 8.35. The van der Waals surface area contributed by atoms with Crippen LogP contribution in [0.1, 0.15) is 59.1 Å². The van der Waals surface area contributed by atoms with Crippen LogP contribution >= 0.6 is 0 Å². The summed E-state index contributed by atoms with van der Waals surface area (Å²) in [5, 5.41) is 3.15. The van der Waals surface area contributed by atoms with Crippen molar-refractivity contribution in [3.63, 3.8) is 0 Å². The lowest BCUT2D eigenvalue weighted by Crippen LogP contribution is -2.27. The maximum Gasteiger partial charge on any atom is 0.122 e. The van der Waals surface area contributed by atoms with Gasteiger partial charge in [0, 0.05) is 19.5 Å². The largest absolute Gasteiger partial charge is 0.493 e. The molecule has 216 valence electrons. The summed E-state index contributed by atoms with van der Waals surface area (Å²) in [5.74, 6) is 1.01. The van der Waals surface area contributed by atoms with Gasteiger partial charge in [0.05, 0.1) is 6.61 Å². The normalized spacial score (nSPS) is 14.3. The molecule has 1 saturated heterocycles. The number of hydrogen-bond acceptors (Lipinski definition) is 3. The predicted molar refractivity (Wildman–Crippen MR) is 179 cm³/mol. The number of nitrogens with zero attached hydrogens (tertiary/aromatic N) is 1. The number of para-hydroxylation sites is 1. The molecule has 42 heavy (non-hydrogen) atoms. The number of ether oxygens (including phenoxy) is 1. The van der Waals surface area contributed by atoms with Gasteiger partial charge in [-0.25, -0.2) is 0 Å². The van der Waals surface area contributed by atoms with Crippen LogP contribution in [0.5, 0.6) is 5.75 Å². The highest BCUT2D eigenvalue weighted by molar-refractivity contribution is 5.94. The minimum Gasteiger partial charge on any atom is -0.493 e. The summed E-state index contributed by atoms with van der Waals surface area (Å²) in [6, 6.07) is 36.5. The van der Waals surface area contributed by atoms with E-state index in [1.54, 1.807) is 5.57 Å². The van der Waals surface area contributed by atoms with Crippen LogP contribution in [0.4, 0.5) is 0 Å². The zero-order valence-corrected chi connectivity index (χ0v) is 25.2. The highest BCUT2D eigenvalue weighted by Crippen LogP contribution is 2.38. The molecule has 0 unspecified atom stereocenters. The first-order valence-corrected chi connectivity index (χ1v) is 15.4. The highest BCUT2D eigenvalue weighted by atomic mass is 16.5. The maximum atomic E-state index is 5.93. The molecule has 0 aromatic heterocycles. The lowest BCUT2D eigenvalue weighted by molar-refractivity contribution is 0.304. The number of benzene rings is 4. The van der Waals surface area contributed by atoms with Crippen molar-refractivity contribution in [2.45, 2.75) is 32.1 Å². The molecule has 3 nitrogen and oxygen atoms in total. The monoisotopic (exact) mass is 556 g/mol. The summed E-state index contributed by atoms with van der Waals surface area (Å²) in [5.41, 5.74) is 11.1. The smallest absolute Gasteiger partial charge is 0.122 e. The number of piperidine rings is 1. The van der Waals surface area contributed by atoms with Gasteiger partial charge in [0.25, 0.3) is 0 Å². The Kier molecular flexibility index (Phi) is 10.8. The van der Waals surface area contributed by atoms with E-state index < -0.39 is 0 Å². The molecular formula is C39H44N2O. The average Bonchev–Trinajstić information content (AvgIpc) is 3.20. The molecule has 4 aromatic carbocycles. The molecule has 3 heteroatoms. The zero-order valence-electron chi connectivity index (χ0n) is 25.2. The molecule has 1 aliphatic heterocycles. The summed E-state index contributed by atoms with van der Waals surface area (Å²) in [6.45, 7) is 4.16. The molecule has 4 aromatic rings. The number of likely N-dealkylation sites (tertiary alicyclic amines) is 1. The third-order valence-corrected chi connectivity index (χ3v) is 8.14. The van der Waals surface area contributed by atoms with Gasteiger partial charge < -0.3 is 15.0 Å². The van der Waals surface area contributed by atoms with Gasteiger partial charge in [-0.15, -0.1) is 0 Å². The van der Waals surface area contributed by atoms with Gasteiger partial charge in [-0.2, -0.15) is 0 Å². The topological polar surface area (TPSA) is 24.5 Å². The summed E-state index contributed by atoms with van der Waals surface area (Å²) >= 11 is 0. The van der Waals surface area contributed by atoms with Crippen LogP contribution in [0.25, 0.3) is 17.7 Å². The Bertz CT molecular complexity index is 1430. The van der Waals surface area contributed by atoms with Crippen molar-refractivity contribution in [3.8, 4) is 5.75 Å². The summed E-state index contributed by atoms with van der Waals surface area (Å²) < 4.78 is 5.93. The van der Waals surface area contributed by atoms with Gasteiger partial charge in [0.2, 0.25) is 0 Å². The van der Waals surface area contributed by atoms with E-state index in [9.17, 15) is 0 Å². The van der Waals surface area contributed by atoms with Crippen molar-refractivity contribution in [2.75, 3.05) is 40.3 Å². The van der Waals surface area contributed by atoms with Crippen molar-refractivity contribution in [2.24, 2.45) is 0 Å². The van der Waals surface area contributed by atoms with Gasteiger partial charge in [-0.3, -0.25) is 0 Å². The lowest BCUT2D eigenvalue weighted by atomic mass is 9.86. The summed E-state index contributed by atoms with van der Waals surface area (Å²) in [7, 11) is 4.20. The molecular weight excluding hydrogens is 512 g/mol. The van der Waals surface area contributed by atoms with Gasteiger partial charge >= 0.3 is 0 Å². The van der Waals surface area contributed by atoms with Crippen LogP contribution in [0.3, 0.4) is 0 Å². The van der Waals surface area contributed by atoms with Crippen LogP contribution < -0.4 is 10.1 Å². The van der Waals surface area contributed by atoms with Crippen LogP contribution in [-0.2, 0) is 6.42 Å². The van der Waals surface area contributed by atoms with Crippen molar-refractivity contribution in [3.05, 3.63) is 142 Å². The van der Waals surface area contributed by atoms with Crippen LogP contribution in [0.15, 0.2) is 109 Å². The van der Waals surface area contributed by atoms with Gasteiger partial charge in [0.1, 0.15) is 5.75 Å². The van der Waals surface area contributed by atoms with Gasteiger partial charge in [-0.1, -0.05) is 115 Å². The van der Waals surface area contributed by atoms with Crippen molar-refractivity contribution >= 4 is 17.7 Å². The highest BCUT2D eigenvalue weighted by Gasteiger charge is 2.21. The third kappa shape index (κ3) is 7.88. The first-order chi connectivity index (χ1) is 20.7. The Balaban J connectivity index is 0.000000169. The first-order valence-electron chi connectivity index (χ1n) is 15.4. The van der Waals surface area contributed by atoms with Gasteiger partial charge in [0.15, 0.2) is 0 Å². The zero-order chi connectivity index (χ0) is 29.0. The fourth-order valence-corrected chi connectivity index (χ4v) is 5.78. The molecule has 6 rings (SSSR count). The molecule has 0 amide bonds.